The molecule has 0 aliphatic rings. The standard InChI is InChI=1S/C9H15N3O3S/c1-6-8(16-12-11-6)9(14)10-4-3-7(13)5-15-2/h7,13H,3-5H2,1-2H3,(H,10,14). The molecule has 1 heterocycles. The Bertz CT molecular complexity index is 342. The molecule has 6 nitrogen and oxygen atoms in total. The zero-order chi connectivity index (χ0) is 12.0. The van der Waals surface area contributed by atoms with E-state index in [1.165, 1.54) is 7.11 Å². The van der Waals surface area contributed by atoms with E-state index >= 15 is 0 Å². The summed E-state index contributed by atoms with van der Waals surface area (Å²) in [6.45, 7) is 2.41. The number of nitrogens with zero attached hydrogens (tertiary/aromatic N) is 2. The summed E-state index contributed by atoms with van der Waals surface area (Å²) < 4.78 is 8.45. The van der Waals surface area contributed by atoms with Crippen LogP contribution in [-0.4, -0.2) is 47.0 Å². The average molecular weight is 245 g/mol. The van der Waals surface area contributed by atoms with E-state index in [0.717, 1.165) is 11.5 Å². The third-order valence-corrected chi connectivity index (χ3v) is 2.81. The zero-order valence-corrected chi connectivity index (χ0v) is 10.1. The first kappa shape index (κ1) is 13.0. The van der Waals surface area contributed by atoms with Crippen molar-refractivity contribution < 1.29 is 14.6 Å². The second-order valence-electron chi connectivity index (χ2n) is 3.34. The van der Waals surface area contributed by atoms with E-state index in [9.17, 15) is 9.90 Å². The minimum atomic E-state index is -0.550. The van der Waals surface area contributed by atoms with E-state index in [1.807, 2.05) is 0 Å². The molecule has 0 bridgehead atoms. The predicted octanol–water partition coefficient (Wildman–Crippen LogP) is -0.0263. The van der Waals surface area contributed by atoms with E-state index in [-0.39, 0.29) is 12.5 Å². The van der Waals surface area contributed by atoms with Crippen LogP contribution in [-0.2, 0) is 4.74 Å². The number of aliphatic hydroxyl groups excluding tert-OH is 1. The molecule has 1 rings (SSSR count). The lowest BCUT2D eigenvalue weighted by Gasteiger charge is -2.09. The SMILES string of the molecule is COCC(O)CCNC(=O)c1snnc1C. The fourth-order valence-corrected chi connectivity index (χ4v) is 1.72. The lowest BCUT2D eigenvalue weighted by atomic mass is 10.2. The maximum Gasteiger partial charge on any atom is 0.264 e. The number of amides is 1. The van der Waals surface area contributed by atoms with Gasteiger partial charge in [0, 0.05) is 13.7 Å². The van der Waals surface area contributed by atoms with Crippen molar-refractivity contribution in [2.24, 2.45) is 0 Å². The van der Waals surface area contributed by atoms with Crippen molar-refractivity contribution in [2.45, 2.75) is 19.4 Å². The van der Waals surface area contributed by atoms with E-state index in [1.54, 1.807) is 6.92 Å². The first-order chi connectivity index (χ1) is 7.65. The summed E-state index contributed by atoms with van der Waals surface area (Å²) in [5.41, 5.74) is 0.625. The highest BCUT2D eigenvalue weighted by Gasteiger charge is 2.12. The number of rotatable bonds is 6. The first-order valence-corrected chi connectivity index (χ1v) is 5.66. The molecule has 16 heavy (non-hydrogen) atoms. The molecule has 0 aromatic carbocycles. The van der Waals surface area contributed by atoms with Gasteiger partial charge in [0.2, 0.25) is 0 Å². The summed E-state index contributed by atoms with van der Waals surface area (Å²) >= 11 is 1.07. The molecule has 0 saturated heterocycles. The number of ether oxygens (including phenoxy) is 1. The largest absolute Gasteiger partial charge is 0.391 e. The monoisotopic (exact) mass is 245 g/mol. The van der Waals surface area contributed by atoms with Crippen molar-refractivity contribution in [3.63, 3.8) is 0 Å². The van der Waals surface area contributed by atoms with Crippen LogP contribution in [0.3, 0.4) is 0 Å². The Morgan fingerprint density at radius 2 is 2.44 bits per heavy atom. The van der Waals surface area contributed by atoms with Gasteiger partial charge in [-0.2, -0.15) is 0 Å². The minimum absolute atomic E-state index is 0.197. The molecule has 1 atom stereocenters. The van der Waals surface area contributed by atoms with Gasteiger partial charge in [0.15, 0.2) is 0 Å². The number of carbonyl (C=O) groups is 1. The molecule has 7 heteroatoms. The lowest BCUT2D eigenvalue weighted by Crippen LogP contribution is -2.28. The van der Waals surface area contributed by atoms with Crippen LogP contribution < -0.4 is 5.32 Å². The van der Waals surface area contributed by atoms with Crippen LogP contribution in [0, 0.1) is 6.92 Å². The van der Waals surface area contributed by atoms with Crippen LogP contribution in [0.5, 0.6) is 0 Å². The molecule has 90 valence electrons. The summed E-state index contributed by atoms with van der Waals surface area (Å²) in [5, 5.41) is 15.8. The Balaban J connectivity index is 2.29. The van der Waals surface area contributed by atoms with Gasteiger partial charge in [-0.25, -0.2) is 0 Å². The third-order valence-electron chi connectivity index (χ3n) is 1.98. The molecule has 2 N–H and O–H groups in total. The van der Waals surface area contributed by atoms with Crippen molar-refractivity contribution >= 4 is 17.4 Å². The van der Waals surface area contributed by atoms with Crippen LogP contribution in [0.25, 0.3) is 0 Å². The maximum absolute atomic E-state index is 11.6. The van der Waals surface area contributed by atoms with Crippen LogP contribution in [0.2, 0.25) is 0 Å². The Morgan fingerprint density at radius 1 is 1.69 bits per heavy atom. The van der Waals surface area contributed by atoms with Crippen molar-refractivity contribution in [3.05, 3.63) is 10.6 Å². The van der Waals surface area contributed by atoms with Gasteiger partial charge in [0.05, 0.1) is 18.4 Å². The Morgan fingerprint density at radius 3 is 3.00 bits per heavy atom. The van der Waals surface area contributed by atoms with E-state index < -0.39 is 6.10 Å². The number of aromatic nitrogens is 2. The van der Waals surface area contributed by atoms with Gasteiger partial charge in [0.25, 0.3) is 5.91 Å². The summed E-state index contributed by atoms with van der Waals surface area (Å²) in [7, 11) is 1.52. The average Bonchev–Trinajstić information content (AvgIpc) is 2.64. The van der Waals surface area contributed by atoms with Crippen LogP contribution in [0.15, 0.2) is 0 Å². The molecule has 1 aromatic heterocycles. The number of hydrogen-bond acceptors (Lipinski definition) is 6. The first-order valence-electron chi connectivity index (χ1n) is 4.89. The van der Waals surface area contributed by atoms with Crippen molar-refractivity contribution in [1.82, 2.24) is 14.9 Å². The summed E-state index contributed by atoms with van der Waals surface area (Å²) in [6, 6.07) is 0. The van der Waals surface area contributed by atoms with Crippen molar-refractivity contribution in [1.29, 1.82) is 0 Å². The van der Waals surface area contributed by atoms with Crippen LogP contribution >= 0.6 is 11.5 Å². The molecule has 1 unspecified atom stereocenters. The Labute approximate surface area is 97.8 Å². The molecule has 0 aliphatic carbocycles. The molecule has 0 saturated carbocycles. The zero-order valence-electron chi connectivity index (χ0n) is 9.27. The number of hydrogen-bond donors (Lipinski definition) is 2. The smallest absolute Gasteiger partial charge is 0.264 e. The maximum atomic E-state index is 11.6. The fourth-order valence-electron chi connectivity index (χ4n) is 1.15. The van der Waals surface area contributed by atoms with E-state index in [4.69, 9.17) is 4.74 Å². The number of aryl methyl sites for hydroxylation is 1. The van der Waals surface area contributed by atoms with E-state index in [0.29, 0.717) is 23.5 Å². The minimum Gasteiger partial charge on any atom is -0.391 e. The quantitative estimate of drug-likeness (QED) is 0.735. The van der Waals surface area contributed by atoms with Gasteiger partial charge in [-0.3, -0.25) is 4.79 Å². The molecule has 0 spiro atoms. The van der Waals surface area contributed by atoms with Gasteiger partial charge in [-0.15, -0.1) is 5.10 Å². The summed E-state index contributed by atoms with van der Waals surface area (Å²) in [6.07, 6.45) is -0.0869. The van der Waals surface area contributed by atoms with Crippen LogP contribution in [0.4, 0.5) is 0 Å². The molecule has 1 aromatic rings. The molecule has 0 radical (unpaired) electrons. The molecule has 0 aliphatic heterocycles. The van der Waals surface area contributed by atoms with Crippen molar-refractivity contribution in [3.8, 4) is 0 Å². The highest BCUT2D eigenvalue weighted by molar-refractivity contribution is 7.07. The van der Waals surface area contributed by atoms with Gasteiger partial charge >= 0.3 is 0 Å². The number of carbonyl (C=O) groups excluding carboxylic acids is 1. The lowest BCUT2D eigenvalue weighted by molar-refractivity contribution is 0.0588. The third kappa shape index (κ3) is 3.84. The molecule has 0 fully saturated rings. The highest BCUT2D eigenvalue weighted by Crippen LogP contribution is 2.08. The summed E-state index contributed by atoms with van der Waals surface area (Å²) in [4.78, 5) is 12.1. The number of nitrogens with one attached hydrogen (secondary N) is 1. The van der Waals surface area contributed by atoms with Gasteiger partial charge in [-0.1, -0.05) is 4.49 Å². The number of aliphatic hydroxyl groups is 1. The second kappa shape index (κ2) is 6.51. The van der Waals surface area contributed by atoms with Gasteiger partial charge < -0.3 is 15.2 Å². The normalized spacial score (nSPS) is 12.4. The predicted molar refractivity (Wildman–Crippen MR) is 59.5 cm³/mol. The topological polar surface area (TPSA) is 84.3 Å². The summed E-state index contributed by atoms with van der Waals surface area (Å²) in [5.74, 6) is -0.197. The highest BCUT2D eigenvalue weighted by atomic mass is 32.1. The molecular formula is C9H15N3O3S. The van der Waals surface area contributed by atoms with E-state index in [2.05, 4.69) is 14.9 Å². The van der Waals surface area contributed by atoms with Crippen LogP contribution in [0.1, 0.15) is 21.8 Å². The fraction of sp³-hybridized carbons (Fsp3) is 0.667. The number of methoxy groups -OCH3 is 1. The Kier molecular flexibility index (Phi) is 5.30. The Hall–Kier alpha value is -1.05. The van der Waals surface area contributed by atoms with Gasteiger partial charge in [0.1, 0.15) is 4.88 Å². The van der Waals surface area contributed by atoms with Crippen molar-refractivity contribution in [2.75, 3.05) is 20.3 Å². The molecular weight excluding hydrogens is 230 g/mol. The second-order valence-corrected chi connectivity index (χ2v) is 4.10. The van der Waals surface area contributed by atoms with Gasteiger partial charge in [-0.05, 0) is 24.9 Å². The molecule has 1 amide bonds.